The molecular weight excluding hydrogens is 292 g/mol. The normalized spacial score (nSPS) is 18.0. The molecule has 23 heavy (non-hydrogen) atoms. The quantitative estimate of drug-likeness (QED) is 0.935. The Bertz CT molecular complexity index is 710. The van der Waals surface area contributed by atoms with Crippen molar-refractivity contribution < 1.29 is 9.53 Å². The van der Waals surface area contributed by atoms with Gasteiger partial charge in [-0.3, -0.25) is 4.79 Å². The van der Waals surface area contributed by atoms with Crippen molar-refractivity contribution in [1.82, 2.24) is 20.0 Å². The number of methoxy groups -OCH3 is 1. The lowest BCUT2D eigenvalue weighted by Gasteiger charge is -2.31. The number of ether oxygens (including phenoxy) is 1. The fourth-order valence-electron chi connectivity index (χ4n) is 2.83. The van der Waals surface area contributed by atoms with Crippen LogP contribution in [0.3, 0.4) is 0 Å². The lowest BCUT2D eigenvalue weighted by molar-refractivity contribution is 0.0702. The van der Waals surface area contributed by atoms with E-state index in [1.807, 2.05) is 30.0 Å². The van der Waals surface area contributed by atoms with Gasteiger partial charge in [0.25, 0.3) is 5.91 Å². The Kier molecular flexibility index (Phi) is 4.34. The van der Waals surface area contributed by atoms with Crippen molar-refractivity contribution in [3.8, 4) is 11.4 Å². The highest BCUT2D eigenvalue weighted by molar-refractivity contribution is 5.92. The van der Waals surface area contributed by atoms with Crippen LogP contribution in [-0.2, 0) is 0 Å². The van der Waals surface area contributed by atoms with Gasteiger partial charge in [-0.2, -0.15) is 5.10 Å². The van der Waals surface area contributed by atoms with Crippen LogP contribution in [0.25, 0.3) is 5.69 Å². The topological polar surface area (TPSA) is 59.4 Å². The maximum Gasteiger partial charge on any atom is 0.274 e. The predicted octanol–water partition coefficient (Wildman–Crippen LogP) is 1.62. The molecule has 6 heteroatoms. The highest BCUT2D eigenvalue weighted by Crippen LogP contribution is 2.23. The number of nitrogens with one attached hydrogen (secondary N) is 1. The van der Waals surface area contributed by atoms with E-state index in [2.05, 4.69) is 17.3 Å². The van der Waals surface area contributed by atoms with Gasteiger partial charge in [0.1, 0.15) is 11.4 Å². The van der Waals surface area contributed by atoms with E-state index >= 15 is 0 Å². The molecule has 1 aromatic carbocycles. The SMILES string of the molecule is COc1ccc(C)cc1-n1ccc(C(=O)N2CCNC(C)C2)n1. The van der Waals surface area contributed by atoms with Gasteiger partial charge in [0, 0.05) is 31.9 Å². The Hall–Kier alpha value is -2.34. The summed E-state index contributed by atoms with van der Waals surface area (Å²) in [7, 11) is 1.63. The summed E-state index contributed by atoms with van der Waals surface area (Å²) in [4.78, 5) is 14.5. The molecule has 122 valence electrons. The number of piperazine rings is 1. The Labute approximate surface area is 136 Å². The molecule has 1 saturated heterocycles. The number of hydrogen-bond donors (Lipinski definition) is 1. The fraction of sp³-hybridized carbons (Fsp3) is 0.412. The zero-order valence-corrected chi connectivity index (χ0v) is 13.7. The Morgan fingerprint density at radius 1 is 1.39 bits per heavy atom. The minimum atomic E-state index is -0.0243. The van der Waals surface area contributed by atoms with Gasteiger partial charge >= 0.3 is 0 Å². The lowest BCUT2D eigenvalue weighted by Crippen LogP contribution is -2.51. The van der Waals surface area contributed by atoms with Gasteiger partial charge in [0.05, 0.1) is 7.11 Å². The first-order valence-corrected chi connectivity index (χ1v) is 7.82. The predicted molar refractivity (Wildman–Crippen MR) is 88.2 cm³/mol. The van der Waals surface area contributed by atoms with E-state index in [0.29, 0.717) is 24.8 Å². The average Bonchev–Trinajstić information content (AvgIpc) is 3.04. The number of hydrogen-bond acceptors (Lipinski definition) is 4. The molecule has 1 fully saturated rings. The average molecular weight is 314 g/mol. The Morgan fingerprint density at radius 3 is 2.96 bits per heavy atom. The molecule has 0 aliphatic carbocycles. The molecule has 0 radical (unpaired) electrons. The van der Waals surface area contributed by atoms with E-state index in [1.54, 1.807) is 24.1 Å². The summed E-state index contributed by atoms with van der Waals surface area (Å²) in [6.45, 7) is 6.33. The van der Waals surface area contributed by atoms with Crippen molar-refractivity contribution in [2.75, 3.05) is 26.7 Å². The van der Waals surface area contributed by atoms with Gasteiger partial charge in [-0.15, -0.1) is 0 Å². The lowest BCUT2D eigenvalue weighted by atomic mass is 10.2. The molecule has 0 saturated carbocycles. The highest BCUT2D eigenvalue weighted by Gasteiger charge is 2.23. The molecule has 2 aromatic rings. The minimum absolute atomic E-state index is 0.0243. The third-order valence-electron chi connectivity index (χ3n) is 4.05. The van der Waals surface area contributed by atoms with Crippen molar-refractivity contribution >= 4 is 5.91 Å². The van der Waals surface area contributed by atoms with E-state index in [1.165, 1.54) is 0 Å². The molecular formula is C17H22N4O2. The first kappa shape index (κ1) is 15.6. The van der Waals surface area contributed by atoms with Gasteiger partial charge in [-0.1, -0.05) is 6.07 Å². The number of amides is 1. The molecule has 3 rings (SSSR count). The van der Waals surface area contributed by atoms with E-state index in [4.69, 9.17) is 4.74 Å². The maximum absolute atomic E-state index is 12.6. The fourth-order valence-corrected chi connectivity index (χ4v) is 2.83. The number of carbonyl (C=O) groups excluding carboxylic acids is 1. The number of aryl methyl sites for hydroxylation is 1. The van der Waals surface area contributed by atoms with Gasteiger partial charge in [-0.25, -0.2) is 4.68 Å². The smallest absolute Gasteiger partial charge is 0.274 e. The number of benzene rings is 1. The van der Waals surface area contributed by atoms with Gasteiger partial charge < -0.3 is 15.0 Å². The molecule has 1 N–H and O–H groups in total. The Morgan fingerprint density at radius 2 is 2.22 bits per heavy atom. The molecule has 6 nitrogen and oxygen atoms in total. The van der Waals surface area contributed by atoms with E-state index in [9.17, 15) is 4.79 Å². The van der Waals surface area contributed by atoms with Crippen molar-refractivity contribution in [3.05, 3.63) is 41.7 Å². The number of carbonyl (C=O) groups is 1. The summed E-state index contributed by atoms with van der Waals surface area (Å²) < 4.78 is 7.09. The van der Waals surface area contributed by atoms with Crippen LogP contribution in [0, 0.1) is 6.92 Å². The number of aromatic nitrogens is 2. The third kappa shape index (κ3) is 3.22. The Balaban J connectivity index is 1.86. The maximum atomic E-state index is 12.6. The van der Waals surface area contributed by atoms with Gasteiger partial charge in [0.15, 0.2) is 5.69 Å². The number of rotatable bonds is 3. The van der Waals surface area contributed by atoms with E-state index in [-0.39, 0.29) is 5.91 Å². The summed E-state index contributed by atoms with van der Waals surface area (Å²) in [6.07, 6.45) is 1.80. The zero-order valence-electron chi connectivity index (χ0n) is 13.7. The van der Waals surface area contributed by atoms with Crippen molar-refractivity contribution in [2.45, 2.75) is 19.9 Å². The van der Waals surface area contributed by atoms with Crippen molar-refractivity contribution in [3.63, 3.8) is 0 Å². The second kappa shape index (κ2) is 6.42. The largest absolute Gasteiger partial charge is 0.494 e. The van der Waals surface area contributed by atoms with Crippen LogP contribution < -0.4 is 10.1 Å². The van der Waals surface area contributed by atoms with E-state index in [0.717, 1.165) is 23.5 Å². The van der Waals surface area contributed by atoms with Crippen LogP contribution in [0.2, 0.25) is 0 Å². The van der Waals surface area contributed by atoms with Crippen LogP contribution in [0.5, 0.6) is 5.75 Å². The molecule has 1 aliphatic heterocycles. The van der Waals surface area contributed by atoms with Gasteiger partial charge in [-0.05, 0) is 37.6 Å². The summed E-state index contributed by atoms with van der Waals surface area (Å²) in [5.41, 5.74) is 2.41. The van der Waals surface area contributed by atoms with Crippen LogP contribution in [-0.4, -0.2) is 53.4 Å². The van der Waals surface area contributed by atoms with Crippen LogP contribution in [0.4, 0.5) is 0 Å². The van der Waals surface area contributed by atoms with Gasteiger partial charge in [0.2, 0.25) is 0 Å². The monoisotopic (exact) mass is 314 g/mol. The summed E-state index contributed by atoms with van der Waals surface area (Å²) >= 11 is 0. The van der Waals surface area contributed by atoms with Crippen LogP contribution in [0.15, 0.2) is 30.5 Å². The molecule has 1 atom stereocenters. The minimum Gasteiger partial charge on any atom is -0.494 e. The van der Waals surface area contributed by atoms with Crippen molar-refractivity contribution in [1.29, 1.82) is 0 Å². The van der Waals surface area contributed by atoms with Crippen LogP contribution in [0.1, 0.15) is 23.0 Å². The second-order valence-corrected chi connectivity index (χ2v) is 5.93. The standard InChI is InChI=1S/C17H22N4O2/c1-12-4-5-16(23-3)15(10-12)21-8-6-14(19-21)17(22)20-9-7-18-13(2)11-20/h4-6,8,10,13,18H,7,9,11H2,1-3H3. The third-order valence-corrected chi connectivity index (χ3v) is 4.05. The molecule has 1 amide bonds. The van der Waals surface area contributed by atoms with Crippen molar-refractivity contribution in [2.24, 2.45) is 0 Å². The van der Waals surface area contributed by atoms with E-state index < -0.39 is 0 Å². The molecule has 0 bridgehead atoms. The molecule has 1 aromatic heterocycles. The molecule has 0 spiro atoms. The first-order chi connectivity index (χ1) is 11.1. The second-order valence-electron chi connectivity index (χ2n) is 5.93. The number of nitrogens with zero attached hydrogens (tertiary/aromatic N) is 3. The highest BCUT2D eigenvalue weighted by atomic mass is 16.5. The summed E-state index contributed by atoms with van der Waals surface area (Å²) in [5, 5.41) is 7.79. The molecule has 2 heterocycles. The molecule has 1 unspecified atom stereocenters. The van der Waals surface area contributed by atoms with Crippen LogP contribution >= 0.6 is 0 Å². The zero-order chi connectivity index (χ0) is 16.4. The summed E-state index contributed by atoms with van der Waals surface area (Å²) in [6, 6.07) is 7.96. The first-order valence-electron chi connectivity index (χ1n) is 7.82. The summed E-state index contributed by atoms with van der Waals surface area (Å²) in [5.74, 6) is 0.706. The molecule has 1 aliphatic rings.